The van der Waals surface area contributed by atoms with Crippen molar-refractivity contribution in [1.82, 2.24) is 10.0 Å². The van der Waals surface area contributed by atoms with E-state index in [1.54, 1.807) is 18.2 Å². The summed E-state index contributed by atoms with van der Waals surface area (Å²) in [5.41, 5.74) is 0.989. The second kappa shape index (κ2) is 8.39. The van der Waals surface area contributed by atoms with Crippen molar-refractivity contribution in [2.24, 2.45) is 0 Å². The Morgan fingerprint density at radius 3 is 2.60 bits per heavy atom. The fourth-order valence-electron chi connectivity index (χ4n) is 2.04. The summed E-state index contributed by atoms with van der Waals surface area (Å²) in [6, 6.07) is 7.28. The lowest BCUT2D eigenvalue weighted by atomic mass is 10.1. The summed E-state index contributed by atoms with van der Waals surface area (Å²) in [5, 5.41) is 3.29. The first-order chi connectivity index (χ1) is 9.51. The van der Waals surface area contributed by atoms with Gasteiger partial charge in [-0.1, -0.05) is 38.8 Å². The summed E-state index contributed by atoms with van der Waals surface area (Å²) in [4.78, 5) is 0.344. The largest absolute Gasteiger partial charge is 0.310 e. The Morgan fingerprint density at radius 1 is 1.20 bits per heavy atom. The van der Waals surface area contributed by atoms with Crippen LogP contribution in [0.3, 0.4) is 0 Å². The molecule has 1 rings (SSSR count). The fourth-order valence-corrected chi connectivity index (χ4v) is 3.17. The second-order valence-electron chi connectivity index (χ2n) is 4.96. The number of sulfonamides is 1. The molecule has 0 aromatic heterocycles. The molecule has 0 bridgehead atoms. The Kier molecular flexibility index (Phi) is 7.19. The molecule has 0 amide bonds. The third-order valence-corrected chi connectivity index (χ3v) is 4.71. The van der Waals surface area contributed by atoms with E-state index in [9.17, 15) is 8.42 Å². The molecule has 0 saturated heterocycles. The van der Waals surface area contributed by atoms with Crippen LogP contribution in [0.15, 0.2) is 29.2 Å². The summed E-state index contributed by atoms with van der Waals surface area (Å²) in [7, 11) is -3.39. The van der Waals surface area contributed by atoms with Crippen LogP contribution in [0.4, 0.5) is 0 Å². The topological polar surface area (TPSA) is 58.2 Å². The van der Waals surface area contributed by atoms with Crippen LogP contribution in [-0.4, -0.2) is 21.5 Å². The fraction of sp³-hybridized carbons (Fsp3) is 0.600. The summed E-state index contributed by atoms with van der Waals surface area (Å²) in [5.74, 6) is 0. The van der Waals surface area contributed by atoms with Gasteiger partial charge < -0.3 is 5.32 Å². The van der Waals surface area contributed by atoms with Gasteiger partial charge in [0.05, 0.1) is 4.90 Å². The maximum Gasteiger partial charge on any atom is 0.240 e. The second-order valence-corrected chi connectivity index (χ2v) is 6.72. The van der Waals surface area contributed by atoms with Crippen molar-refractivity contribution in [3.8, 4) is 0 Å². The van der Waals surface area contributed by atoms with E-state index in [1.165, 1.54) is 0 Å². The molecule has 5 heteroatoms. The van der Waals surface area contributed by atoms with Gasteiger partial charge in [0.25, 0.3) is 0 Å². The third kappa shape index (κ3) is 5.23. The summed E-state index contributed by atoms with van der Waals surface area (Å²) >= 11 is 0. The van der Waals surface area contributed by atoms with Crippen LogP contribution in [0.5, 0.6) is 0 Å². The number of benzene rings is 1. The molecular weight excluding hydrogens is 272 g/mol. The standard InChI is InChI=1S/C15H26N2O2S/c1-4-6-7-11-17-20(18,19)15-10-8-9-14(12-15)13(3)16-5-2/h8-10,12-13,16-17H,4-7,11H2,1-3H3. The van der Waals surface area contributed by atoms with E-state index < -0.39 is 10.0 Å². The molecule has 4 nitrogen and oxygen atoms in total. The maximum atomic E-state index is 12.2. The molecule has 1 aromatic carbocycles. The maximum absolute atomic E-state index is 12.2. The Labute approximate surface area is 123 Å². The molecule has 0 radical (unpaired) electrons. The highest BCUT2D eigenvalue weighted by atomic mass is 32.2. The minimum atomic E-state index is -3.39. The average molecular weight is 298 g/mol. The van der Waals surface area contributed by atoms with Gasteiger partial charge >= 0.3 is 0 Å². The molecule has 2 N–H and O–H groups in total. The van der Waals surface area contributed by atoms with E-state index in [1.807, 2.05) is 19.9 Å². The molecule has 0 spiro atoms. The van der Waals surface area contributed by atoms with E-state index in [2.05, 4.69) is 17.0 Å². The molecule has 0 aliphatic heterocycles. The molecule has 0 heterocycles. The normalized spacial score (nSPS) is 13.3. The van der Waals surface area contributed by atoms with Crippen molar-refractivity contribution in [2.75, 3.05) is 13.1 Å². The third-order valence-electron chi connectivity index (χ3n) is 3.25. The van der Waals surface area contributed by atoms with E-state index in [4.69, 9.17) is 0 Å². The van der Waals surface area contributed by atoms with Crippen molar-refractivity contribution < 1.29 is 8.42 Å². The summed E-state index contributed by atoms with van der Waals surface area (Å²) < 4.78 is 27.1. The Bertz CT molecular complexity index is 500. The van der Waals surface area contributed by atoms with Crippen LogP contribution >= 0.6 is 0 Å². The number of nitrogens with one attached hydrogen (secondary N) is 2. The Morgan fingerprint density at radius 2 is 1.95 bits per heavy atom. The molecule has 114 valence electrons. The van der Waals surface area contributed by atoms with Gasteiger partial charge in [-0.25, -0.2) is 13.1 Å². The zero-order chi connectivity index (χ0) is 15.0. The van der Waals surface area contributed by atoms with E-state index >= 15 is 0 Å². The van der Waals surface area contributed by atoms with Crippen molar-refractivity contribution in [2.45, 2.75) is 51.0 Å². The van der Waals surface area contributed by atoms with E-state index in [0.29, 0.717) is 11.4 Å². The number of unbranched alkanes of at least 4 members (excludes halogenated alkanes) is 2. The summed E-state index contributed by atoms with van der Waals surface area (Å²) in [6.45, 7) is 7.52. The molecule has 0 saturated carbocycles. The molecule has 20 heavy (non-hydrogen) atoms. The van der Waals surface area contributed by atoms with E-state index in [0.717, 1.165) is 31.4 Å². The highest BCUT2D eigenvalue weighted by Gasteiger charge is 2.14. The van der Waals surface area contributed by atoms with Gasteiger partial charge in [-0.05, 0) is 37.6 Å². The predicted molar refractivity (Wildman–Crippen MR) is 83.2 cm³/mol. The number of hydrogen-bond donors (Lipinski definition) is 2. The van der Waals surface area contributed by atoms with Gasteiger partial charge in [0.1, 0.15) is 0 Å². The van der Waals surface area contributed by atoms with E-state index in [-0.39, 0.29) is 6.04 Å². The molecule has 1 atom stereocenters. The van der Waals surface area contributed by atoms with Crippen molar-refractivity contribution >= 4 is 10.0 Å². The summed E-state index contributed by atoms with van der Waals surface area (Å²) in [6.07, 6.45) is 3.00. The average Bonchev–Trinajstić information content (AvgIpc) is 2.44. The van der Waals surface area contributed by atoms with Crippen LogP contribution in [0, 0.1) is 0 Å². The van der Waals surface area contributed by atoms with Gasteiger partial charge in [0.2, 0.25) is 10.0 Å². The zero-order valence-corrected chi connectivity index (χ0v) is 13.5. The minimum Gasteiger partial charge on any atom is -0.310 e. The zero-order valence-electron chi connectivity index (χ0n) is 12.6. The van der Waals surface area contributed by atoms with Gasteiger partial charge in [-0.15, -0.1) is 0 Å². The van der Waals surface area contributed by atoms with Gasteiger partial charge in [0, 0.05) is 12.6 Å². The molecule has 1 aromatic rings. The predicted octanol–water partition coefficient (Wildman–Crippen LogP) is 2.83. The van der Waals surface area contributed by atoms with Gasteiger partial charge in [-0.3, -0.25) is 0 Å². The monoisotopic (exact) mass is 298 g/mol. The van der Waals surface area contributed by atoms with Gasteiger partial charge in [-0.2, -0.15) is 0 Å². The molecular formula is C15H26N2O2S. The highest BCUT2D eigenvalue weighted by molar-refractivity contribution is 7.89. The van der Waals surface area contributed by atoms with Gasteiger partial charge in [0.15, 0.2) is 0 Å². The van der Waals surface area contributed by atoms with Crippen LogP contribution in [-0.2, 0) is 10.0 Å². The van der Waals surface area contributed by atoms with Crippen LogP contribution in [0.2, 0.25) is 0 Å². The number of hydrogen-bond acceptors (Lipinski definition) is 3. The molecule has 0 aliphatic rings. The first kappa shape index (κ1) is 17.1. The van der Waals surface area contributed by atoms with Crippen LogP contribution in [0.1, 0.15) is 51.6 Å². The number of rotatable bonds is 9. The minimum absolute atomic E-state index is 0.148. The Balaban J connectivity index is 2.77. The van der Waals surface area contributed by atoms with Crippen molar-refractivity contribution in [3.63, 3.8) is 0 Å². The Hall–Kier alpha value is -0.910. The molecule has 0 fully saturated rings. The van der Waals surface area contributed by atoms with Crippen molar-refractivity contribution in [1.29, 1.82) is 0 Å². The molecule has 0 aliphatic carbocycles. The first-order valence-corrected chi connectivity index (χ1v) is 8.82. The SMILES string of the molecule is CCCCCNS(=O)(=O)c1cccc(C(C)NCC)c1. The lowest BCUT2D eigenvalue weighted by Crippen LogP contribution is -2.25. The lowest BCUT2D eigenvalue weighted by Gasteiger charge is -2.14. The van der Waals surface area contributed by atoms with Crippen LogP contribution in [0.25, 0.3) is 0 Å². The lowest BCUT2D eigenvalue weighted by molar-refractivity contribution is 0.574. The molecule has 1 unspecified atom stereocenters. The highest BCUT2D eigenvalue weighted by Crippen LogP contribution is 2.17. The van der Waals surface area contributed by atoms with Crippen molar-refractivity contribution in [3.05, 3.63) is 29.8 Å². The smallest absolute Gasteiger partial charge is 0.240 e. The van der Waals surface area contributed by atoms with Crippen LogP contribution < -0.4 is 10.0 Å². The first-order valence-electron chi connectivity index (χ1n) is 7.34. The quantitative estimate of drug-likeness (QED) is 0.689.